The average molecular weight is 456 g/mol. The van der Waals surface area contributed by atoms with Gasteiger partial charge in [0, 0.05) is 30.8 Å². The molecule has 1 N–H and O–H groups in total. The van der Waals surface area contributed by atoms with Crippen LogP contribution in [0.4, 0.5) is 10.5 Å². The highest BCUT2D eigenvalue weighted by atomic mass is 16.6. The van der Waals surface area contributed by atoms with Gasteiger partial charge in [0.05, 0.1) is 11.0 Å². The summed E-state index contributed by atoms with van der Waals surface area (Å²) in [5.41, 5.74) is 1.37. The van der Waals surface area contributed by atoms with Crippen molar-refractivity contribution in [1.82, 2.24) is 9.80 Å². The van der Waals surface area contributed by atoms with E-state index in [4.69, 9.17) is 4.74 Å². The molecule has 9 nitrogen and oxygen atoms in total. The first-order chi connectivity index (χ1) is 15.7. The number of carbonyl (C=O) groups excluding carboxylic acids is 1. The van der Waals surface area contributed by atoms with Crippen molar-refractivity contribution in [2.75, 3.05) is 13.1 Å². The van der Waals surface area contributed by atoms with Crippen LogP contribution in [0.25, 0.3) is 0 Å². The van der Waals surface area contributed by atoms with E-state index >= 15 is 0 Å². The van der Waals surface area contributed by atoms with Crippen molar-refractivity contribution in [2.45, 2.75) is 52.3 Å². The van der Waals surface area contributed by atoms with Gasteiger partial charge in [0.2, 0.25) is 0 Å². The van der Waals surface area contributed by atoms with Crippen LogP contribution in [0.2, 0.25) is 0 Å². The Hall–Kier alpha value is -3.62. The van der Waals surface area contributed by atoms with Crippen molar-refractivity contribution < 1.29 is 24.4 Å². The van der Waals surface area contributed by atoms with Gasteiger partial charge in [0.1, 0.15) is 6.61 Å². The minimum atomic E-state index is -1.01. The van der Waals surface area contributed by atoms with E-state index in [0.29, 0.717) is 24.9 Å². The van der Waals surface area contributed by atoms with Crippen LogP contribution < -0.4 is 4.74 Å². The number of nitro groups is 1. The topological polar surface area (TPSA) is 113 Å². The molecule has 1 fully saturated rings. The Bertz CT molecular complexity index is 1020. The monoisotopic (exact) mass is 455 g/mol. The van der Waals surface area contributed by atoms with Gasteiger partial charge in [-0.05, 0) is 50.8 Å². The summed E-state index contributed by atoms with van der Waals surface area (Å²) < 4.78 is 5.73. The third-order valence-corrected chi connectivity index (χ3v) is 5.82. The Kier molecular flexibility index (Phi) is 7.52. The molecule has 0 unspecified atom stereocenters. The molecule has 9 heteroatoms. The van der Waals surface area contributed by atoms with Crippen molar-refractivity contribution >= 4 is 17.7 Å². The first kappa shape index (κ1) is 24.0. The van der Waals surface area contributed by atoms with E-state index in [1.54, 1.807) is 11.8 Å². The quantitative estimate of drug-likeness (QED) is 0.487. The van der Waals surface area contributed by atoms with Crippen LogP contribution in [-0.2, 0) is 6.61 Å². The third-order valence-electron chi connectivity index (χ3n) is 5.82. The Labute approximate surface area is 192 Å². The molecule has 1 aliphatic heterocycles. The molecule has 0 aliphatic carbocycles. The minimum Gasteiger partial charge on any atom is -0.482 e. The molecule has 3 rings (SSSR count). The van der Waals surface area contributed by atoms with Gasteiger partial charge in [-0.2, -0.15) is 0 Å². The SMILES string of the molecule is Cc1cc(OCc2ccccc2)c([N+](=O)[O-])cc1C(=O)N(C(C)C)[C@@H]1CCCN(C(=O)O)C1. The fourth-order valence-electron chi connectivity index (χ4n) is 4.21. The van der Waals surface area contributed by atoms with E-state index in [1.165, 1.54) is 17.0 Å². The van der Waals surface area contributed by atoms with Gasteiger partial charge < -0.3 is 19.6 Å². The van der Waals surface area contributed by atoms with Gasteiger partial charge >= 0.3 is 11.8 Å². The minimum absolute atomic E-state index is 0.101. The maximum absolute atomic E-state index is 13.5. The molecular formula is C24H29N3O6. The predicted octanol–water partition coefficient (Wildman–Crippen LogP) is 4.48. The van der Waals surface area contributed by atoms with Crippen LogP contribution in [-0.4, -0.2) is 57.0 Å². The Morgan fingerprint density at radius 2 is 1.97 bits per heavy atom. The second-order valence-electron chi connectivity index (χ2n) is 8.50. The molecule has 0 radical (unpaired) electrons. The lowest BCUT2D eigenvalue weighted by Crippen LogP contribution is -2.53. The average Bonchev–Trinajstić information content (AvgIpc) is 2.78. The summed E-state index contributed by atoms with van der Waals surface area (Å²) in [4.78, 5) is 39.2. The first-order valence-electron chi connectivity index (χ1n) is 10.9. The molecule has 0 spiro atoms. The van der Waals surface area contributed by atoms with E-state index in [9.17, 15) is 24.8 Å². The van der Waals surface area contributed by atoms with Gasteiger partial charge in [-0.25, -0.2) is 4.79 Å². The first-order valence-corrected chi connectivity index (χ1v) is 10.9. The number of hydrogen-bond donors (Lipinski definition) is 1. The summed E-state index contributed by atoms with van der Waals surface area (Å²) in [6.07, 6.45) is 0.314. The number of carbonyl (C=O) groups is 2. The van der Waals surface area contributed by atoms with Gasteiger partial charge in [-0.1, -0.05) is 30.3 Å². The molecule has 176 valence electrons. The third kappa shape index (κ3) is 5.60. The summed E-state index contributed by atoms with van der Waals surface area (Å²) in [5, 5.41) is 21.1. The van der Waals surface area contributed by atoms with Gasteiger partial charge in [0.15, 0.2) is 5.75 Å². The standard InChI is InChI=1S/C24H29N3O6/c1-16(2)26(19-10-7-11-25(14-19)24(29)30)23(28)20-13-21(27(31)32)22(12-17(20)3)33-15-18-8-5-4-6-9-18/h4-6,8-9,12-13,16,19H,7,10-11,14-15H2,1-3H3,(H,29,30)/t19-/m1/s1. The number of likely N-dealkylation sites (tertiary alicyclic amines) is 1. The zero-order chi connectivity index (χ0) is 24.1. The number of aryl methyl sites for hydroxylation is 1. The fraction of sp³-hybridized carbons (Fsp3) is 0.417. The number of nitro benzene ring substituents is 1. The van der Waals surface area contributed by atoms with Crippen molar-refractivity contribution in [3.63, 3.8) is 0 Å². The molecule has 0 bridgehead atoms. The van der Waals surface area contributed by atoms with E-state index in [1.807, 2.05) is 44.2 Å². The van der Waals surface area contributed by atoms with Crippen LogP contribution >= 0.6 is 0 Å². The number of ether oxygens (including phenoxy) is 1. The van der Waals surface area contributed by atoms with Gasteiger partial charge in [-0.15, -0.1) is 0 Å². The van der Waals surface area contributed by atoms with Crippen molar-refractivity contribution in [2.24, 2.45) is 0 Å². The zero-order valence-electron chi connectivity index (χ0n) is 19.1. The predicted molar refractivity (Wildman–Crippen MR) is 123 cm³/mol. The van der Waals surface area contributed by atoms with E-state index < -0.39 is 11.0 Å². The Balaban J connectivity index is 1.90. The molecule has 1 heterocycles. The molecular weight excluding hydrogens is 426 g/mol. The lowest BCUT2D eigenvalue weighted by atomic mass is 9.99. The molecule has 2 aromatic carbocycles. The van der Waals surface area contributed by atoms with E-state index in [0.717, 1.165) is 5.56 Å². The molecule has 33 heavy (non-hydrogen) atoms. The second-order valence-corrected chi connectivity index (χ2v) is 8.50. The van der Waals surface area contributed by atoms with Gasteiger partial charge in [-0.3, -0.25) is 14.9 Å². The molecule has 0 aromatic heterocycles. The number of piperidine rings is 1. The molecule has 2 amide bonds. The van der Waals surface area contributed by atoms with Crippen LogP contribution in [0, 0.1) is 17.0 Å². The van der Waals surface area contributed by atoms with Crippen LogP contribution in [0.1, 0.15) is 48.2 Å². The number of carboxylic acid groups (broad SMARTS) is 1. The normalized spacial score (nSPS) is 15.9. The van der Waals surface area contributed by atoms with Crippen LogP contribution in [0.5, 0.6) is 5.75 Å². The van der Waals surface area contributed by atoms with E-state index in [-0.39, 0.29) is 48.1 Å². The summed E-state index contributed by atoms with van der Waals surface area (Å²) >= 11 is 0. The number of benzene rings is 2. The Morgan fingerprint density at radius 3 is 2.58 bits per heavy atom. The summed E-state index contributed by atoms with van der Waals surface area (Å²) in [5.74, 6) is -0.249. The number of rotatable bonds is 7. The van der Waals surface area contributed by atoms with Crippen molar-refractivity contribution in [1.29, 1.82) is 0 Å². The maximum Gasteiger partial charge on any atom is 0.407 e. The number of hydrogen-bond acceptors (Lipinski definition) is 5. The van der Waals surface area contributed by atoms with Crippen molar-refractivity contribution in [3.05, 3.63) is 69.3 Å². The maximum atomic E-state index is 13.5. The largest absolute Gasteiger partial charge is 0.482 e. The molecule has 0 saturated carbocycles. The van der Waals surface area contributed by atoms with Crippen molar-refractivity contribution in [3.8, 4) is 5.75 Å². The fourth-order valence-corrected chi connectivity index (χ4v) is 4.21. The summed E-state index contributed by atoms with van der Waals surface area (Å²) in [6.45, 7) is 6.26. The summed E-state index contributed by atoms with van der Waals surface area (Å²) in [6, 6.07) is 11.6. The highest BCUT2D eigenvalue weighted by Gasteiger charge is 2.34. The Morgan fingerprint density at radius 1 is 1.27 bits per heavy atom. The second kappa shape index (κ2) is 10.3. The number of nitrogens with zero attached hydrogens (tertiary/aromatic N) is 3. The molecule has 1 saturated heterocycles. The highest BCUT2D eigenvalue weighted by molar-refractivity contribution is 5.97. The highest BCUT2D eigenvalue weighted by Crippen LogP contribution is 2.33. The number of amides is 2. The molecule has 1 atom stereocenters. The molecule has 2 aromatic rings. The smallest absolute Gasteiger partial charge is 0.407 e. The van der Waals surface area contributed by atoms with Gasteiger partial charge in [0.25, 0.3) is 5.91 Å². The molecule has 1 aliphatic rings. The lowest BCUT2D eigenvalue weighted by molar-refractivity contribution is -0.386. The zero-order valence-corrected chi connectivity index (χ0v) is 19.1. The van der Waals surface area contributed by atoms with E-state index in [2.05, 4.69) is 0 Å². The van der Waals surface area contributed by atoms with Crippen LogP contribution in [0.3, 0.4) is 0 Å². The summed E-state index contributed by atoms with van der Waals surface area (Å²) in [7, 11) is 0. The lowest BCUT2D eigenvalue weighted by Gasteiger charge is -2.40. The van der Waals surface area contributed by atoms with Crippen LogP contribution in [0.15, 0.2) is 42.5 Å².